The lowest BCUT2D eigenvalue weighted by Crippen LogP contribution is -2.46. The Labute approximate surface area is 169 Å². The van der Waals surface area contributed by atoms with E-state index in [1.807, 2.05) is 6.92 Å². The molecule has 2 aliphatic rings. The third-order valence-corrected chi connectivity index (χ3v) is 5.60. The van der Waals surface area contributed by atoms with Crippen molar-refractivity contribution in [1.29, 1.82) is 0 Å². The number of rotatable bonds is 6. The number of nitrogens with zero attached hydrogens (tertiary/aromatic N) is 2. The Kier molecular flexibility index (Phi) is 6.10. The summed E-state index contributed by atoms with van der Waals surface area (Å²) in [5.74, 6) is -2.27. The van der Waals surface area contributed by atoms with Crippen LogP contribution in [0.4, 0.5) is 10.5 Å². The van der Waals surface area contributed by atoms with Crippen LogP contribution in [0.25, 0.3) is 0 Å². The number of urea groups is 1. The van der Waals surface area contributed by atoms with E-state index >= 15 is 0 Å². The maximum absolute atomic E-state index is 12.8. The van der Waals surface area contributed by atoms with E-state index in [0.29, 0.717) is 18.5 Å². The normalized spacial score (nSPS) is 22.2. The fourth-order valence-corrected chi connectivity index (χ4v) is 3.86. The van der Waals surface area contributed by atoms with Gasteiger partial charge in [-0.25, -0.2) is 9.69 Å². The number of hydrogen-bond donors (Lipinski definition) is 1. The number of hydrogen-bond acceptors (Lipinski definition) is 5. The number of imide groups is 2. The summed E-state index contributed by atoms with van der Waals surface area (Å²) in [7, 11) is 0. The molecule has 1 aliphatic heterocycles. The predicted molar refractivity (Wildman–Crippen MR) is 105 cm³/mol. The first-order chi connectivity index (χ1) is 13.8. The van der Waals surface area contributed by atoms with Crippen LogP contribution in [0.3, 0.4) is 0 Å². The van der Waals surface area contributed by atoms with E-state index in [9.17, 15) is 24.0 Å². The van der Waals surface area contributed by atoms with Gasteiger partial charge in [-0.1, -0.05) is 26.7 Å². The van der Waals surface area contributed by atoms with Crippen molar-refractivity contribution in [2.24, 2.45) is 5.92 Å². The molecule has 1 aromatic carbocycles. The van der Waals surface area contributed by atoms with E-state index in [-0.39, 0.29) is 23.4 Å². The van der Waals surface area contributed by atoms with Crippen LogP contribution >= 0.6 is 0 Å². The summed E-state index contributed by atoms with van der Waals surface area (Å²) in [6.45, 7) is 3.22. The highest BCUT2D eigenvalue weighted by Gasteiger charge is 2.49. The predicted octanol–water partition coefficient (Wildman–Crippen LogP) is 2.59. The van der Waals surface area contributed by atoms with Crippen LogP contribution in [0.1, 0.15) is 56.3 Å². The summed E-state index contributed by atoms with van der Waals surface area (Å²) < 4.78 is 0. The third-order valence-electron chi connectivity index (χ3n) is 5.60. The van der Waals surface area contributed by atoms with Crippen molar-refractivity contribution in [3.05, 3.63) is 29.8 Å². The van der Waals surface area contributed by atoms with Crippen LogP contribution in [0, 0.1) is 5.92 Å². The third kappa shape index (κ3) is 4.21. The number of nitrogens with one attached hydrogen (secondary N) is 1. The largest absolute Gasteiger partial charge is 0.334 e. The second-order valence-corrected chi connectivity index (χ2v) is 7.58. The van der Waals surface area contributed by atoms with Gasteiger partial charge in [0.25, 0.3) is 0 Å². The summed E-state index contributed by atoms with van der Waals surface area (Å²) in [6, 6.07) is 5.18. The number of anilines is 1. The second-order valence-electron chi connectivity index (χ2n) is 7.58. The molecule has 0 radical (unpaired) electrons. The molecule has 0 aromatic heterocycles. The molecule has 0 bridgehead atoms. The standard InChI is InChI=1S/C21H25N3O5/c1-3-18(26)22-15-10-8-14(9-11-15)17(25)12-23-19(27)20(28)24(21(23)29)16-7-5-4-6-13(16)2/h8-11,13,16H,3-7,12H2,1-2H3,(H,22,26)/t13-,16-/m1/s1. The van der Waals surface area contributed by atoms with E-state index in [2.05, 4.69) is 5.32 Å². The van der Waals surface area contributed by atoms with Crippen LogP contribution < -0.4 is 5.32 Å². The topological polar surface area (TPSA) is 104 Å². The number of ketones is 1. The molecule has 1 heterocycles. The van der Waals surface area contributed by atoms with Gasteiger partial charge in [-0.15, -0.1) is 0 Å². The maximum atomic E-state index is 12.8. The molecule has 0 spiro atoms. The number of amides is 5. The second kappa shape index (κ2) is 8.55. The lowest BCUT2D eigenvalue weighted by molar-refractivity contribution is -0.144. The van der Waals surface area contributed by atoms with Gasteiger partial charge >= 0.3 is 17.8 Å². The lowest BCUT2D eigenvalue weighted by Gasteiger charge is -2.34. The molecular formula is C21H25N3O5. The van der Waals surface area contributed by atoms with Gasteiger partial charge in [-0.2, -0.15) is 0 Å². The first-order valence-electron chi connectivity index (χ1n) is 9.95. The molecule has 1 N–H and O–H groups in total. The molecule has 2 fully saturated rings. The van der Waals surface area contributed by atoms with Gasteiger partial charge in [-0.3, -0.25) is 24.1 Å². The van der Waals surface area contributed by atoms with E-state index in [1.165, 1.54) is 12.1 Å². The molecule has 8 heteroatoms. The number of benzene rings is 1. The minimum atomic E-state index is -0.951. The molecule has 1 aromatic rings. The van der Waals surface area contributed by atoms with Crippen molar-refractivity contribution >= 4 is 35.2 Å². The molecule has 5 amide bonds. The van der Waals surface area contributed by atoms with Crippen LogP contribution in [0.2, 0.25) is 0 Å². The zero-order chi connectivity index (χ0) is 21.1. The summed E-state index contributed by atoms with van der Waals surface area (Å²) in [6.07, 6.45) is 3.86. The summed E-state index contributed by atoms with van der Waals surface area (Å²) in [4.78, 5) is 63.3. The van der Waals surface area contributed by atoms with Crippen molar-refractivity contribution in [3.8, 4) is 0 Å². The first-order valence-corrected chi connectivity index (χ1v) is 9.95. The number of carbonyl (C=O) groups excluding carboxylic acids is 5. The molecule has 29 heavy (non-hydrogen) atoms. The minimum absolute atomic E-state index is 0.131. The Morgan fingerprint density at radius 1 is 1.03 bits per heavy atom. The molecule has 0 unspecified atom stereocenters. The Hall–Kier alpha value is -3.03. The summed E-state index contributed by atoms with van der Waals surface area (Å²) in [5, 5.41) is 2.68. The van der Waals surface area contributed by atoms with Crippen molar-refractivity contribution in [2.75, 3.05) is 11.9 Å². The van der Waals surface area contributed by atoms with Crippen molar-refractivity contribution < 1.29 is 24.0 Å². The molecule has 1 saturated carbocycles. The van der Waals surface area contributed by atoms with Crippen molar-refractivity contribution in [2.45, 2.75) is 52.0 Å². The van der Waals surface area contributed by atoms with E-state index in [0.717, 1.165) is 29.1 Å². The van der Waals surface area contributed by atoms with Gasteiger partial charge in [0.2, 0.25) is 5.91 Å². The molecule has 3 rings (SSSR count). The molecular weight excluding hydrogens is 374 g/mol. The van der Waals surface area contributed by atoms with Gasteiger partial charge < -0.3 is 5.32 Å². The monoisotopic (exact) mass is 399 g/mol. The summed E-state index contributed by atoms with van der Waals surface area (Å²) >= 11 is 0. The molecule has 2 atom stereocenters. The highest BCUT2D eigenvalue weighted by atomic mass is 16.2. The van der Waals surface area contributed by atoms with Gasteiger partial charge in [0, 0.05) is 23.7 Å². The van der Waals surface area contributed by atoms with Crippen LogP contribution in [-0.2, 0) is 14.4 Å². The van der Waals surface area contributed by atoms with Crippen LogP contribution in [0.5, 0.6) is 0 Å². The fraction of sp³-hybridized carbons (Fsp3) is 0.476. The Morgan fingerprint density at radius 3 is 2.31 bits per heavy atom. The van der Waals surface area contributed by atoms with E-state index < -0.39 is 30.2 Å². The van der Waals surface area contributed by atoms with Gasteiger partial charge in [0.1, 0.15) is 0 Å². The average molecular weight is 399 g/mol. The highest BCUT2D eigenvalue weighted by molar-refractivity contribution is 6.45. The zero-order valence-corrected chi connectivity index (χ0v) is 16.6. The first kappa shape index (κ1) is 20.7. The van der Waals surface area contributed by atoms with Crippen molar-refractivity contribution in [1.82, 2.24) is 9.80 Å². The molecule has 154 valence electrons. The van der Waals surface area contributed by atoms with E-state index in [1.54, 1.807) is 19.1 Å². The highest BCUT2D eigenvalue weighted by Crippen LogP contribution is 2.31. The van der Waals surface area contributed by atoms with Crippen molar-refractivity contribution in [3.63, 3.8) is 0 Å². The minimum Gasteiger partial charge on any atom is -0.326 e. The van der Waals surface area contributed by atoms with Crippen LogP contribution in [-0.4, -0.2) is 51.9 Å². The van der Waals surface area contributed by atoms with E-state index in [4.69, 9.17) is 0 Å². The maximum Gasteiger partial charge on any atom is 0.334 e. The Balaban J connectivity index is 1.70. The average Bonchev–Trinajstić information content (AvgIpc) is 2.92. The molecule has 8 nitrogen and oxygen atoms in total. The quantitative estimate of drug-likeness (QED) is 0.450. The Bertz CT molecular complexity index is 848. The van der Waals surface area contributed by atoms with Gasteiger partial charge in [-0.05, 0) is 43.0 Å². The van der Waals surface area contributed by atoms with Gasteiger partial charge in [0.15, 0.2) is 5.78 Å². The fourth-order valence-electron chi connectivity index (χ4n) is 3.86. The van der Waals surface area contributed by atoms with Crippen LogP contribution in [0.15, 0.2) is 24.3 Å². The number of carbonyl (C=O) groups is 5. The molecule has 1 aliphatic carbocycles. The number of Topliss-reactive ketones (excluding diaryl/α,β-unsaturated/α-hetero) is 1. The van der Waals surface area contributed by atoms with Gasteiger partial charge in [0.05, 0.1) is 6.54 Å². The molecule has 1 saturated heterocycles. The SMILES string of the molecule is CCC(=O)Nc1ccc(C(=O)CN2C(=O)C(=O)N([C@@H]3CCCC[C@H]3C)C2=O)cc1. The summed E-state index contributed by atoms with van der Waals surface area (Å²) in [5.41, 5.74) is 0.839. The Morgan fingerprint density at radius 2 is 1.69 bits per heavy atom. The smallest absolute Gasteiger partial charge is 0.326 e. The zero-order valence-electron chi connectivity index (χ0n) is 16.6. The lowest BCUT2D eigenvalue weighted by atomic mass is 9.85.